The number of halogens is 1. The van der Waals surface area contributed by atoms with Crippen molar-refractivity contribution in [3.05, 3.63) is 35.9 Å². The average Bonchev–Trinajstić information content (AvgIpc) is 2.31. The van der Waals surface area contributed by atoms with Crippen LogP contribution in [0.5, 0.6) is 0 Å². The van der Waals surface area contributed by atoms with Gasteiger partial charge < -0.3 is 0 Å². The number of ketones is 1. The van der Waals surface area contributed by atoms with E-state index in [1.165, 1.54) is 19.3 Å². The highest BCUT2D eigenvalue weighted by molar-refractivity contribution is 8.93. The Balaban J connectivity index is 0.00000128. The van der Waals surface area contributed by atoms with Gasteiger partial charge in [0.25, 0.3) is 0 Å². The number of carbonyl (C=O) groups is 1. The molecule has 0 radical (unpaired) electrons. The summed E-state index contributed by atoms with van der Waals surface area (Å²) in [6.45, 7) is 2.75. The number of piperidine rings is 1. The maximum Gasteiger partial charge on any atom is 0.176 e. The SMILES string of the molecule is Br.O=C(CN1CCCCC1)c1ccccc1. The Morgan fingerprint density at radius 2 is 1.69 bits per heavy atom. The monoisotopic (exact) mass is 283 g/mol. The van der Waals surface area contributed by atoms with Gasteiger partial charge in [-0.25, -0.2) is 0 Å². The zero-order valence-corrected chi connectivity index (χ0v) is 11.1. The highest BCUT2D eigenvalue weighted by Crippen LogP contribution is 2.09. The molecule has 1 aromatic carbocycles. The van der Waals surface area contributed by atoms with Crippen LogP contribution in [0.3, 0.4) is 0 Å². The van der Waals surface area contributed by atoms with Crippen LogP contribution in [0.1, 0.15) is 29.6 Å². The summed E-state index contributed by atoms with van der Waals surface area (Å²) in [5, 5.41) is 0. The van der Waals surface area contributed by atoms with Crippen molar-refractivity contribution < 1.29 is 4.79 Å². The summed E-state index contributed by atoms with van der Waals surface area (Å²) in [4.78, 5) is 14.1. The quantitative estimate of drug-likeness (QED) is 0.795. The van der Waals surface area contributed by atoms with E-state index in [-0.39, 0.29) is 22.8 Å². The summed E-state index contributed by atoms with van der Waals surface area (Å²) in [7, 11) is 0. The lowest BCUT2D eigenvalue weighted by molar-refractivity contribution is 0.0915. The second-order valence-electron chi connectivity index (χ2n) is 4.13. The maximum atomic E-state index is 11.9. The first-order chi connectivity index (χ1) is 7.36. The molecule has 88 valence electrons. The standard InChI is InChI=1S/C13H17NO.BrH/c15-13(12-7-3-1-4-8-12)11-14-9-5-2-6-10-14;/h1,3-4,7-8H,2,5-6,9-11H2;1H. The van der Waals surface area contributed by atoms with Crippen LogP contribution in [0.2, 0.25) is 0 Å². The van der Waals surface area contributed by atoms with E-state index in [1.807, 2.05) is 30.3 Å². The van der Waals surface area contributed by atoms with Crippen molar-refractivity contribution in [2.75, 3.05) is 19.6 Å². The zero-order chi connectivity index (χ0) is 10.5. The van der Waals surface area contributed by atoms with Crippen LogP contribution >= 0.6 is 17.0 Å². The molecular weight excluding hydrogens is 266 g/mol. The number of benzene rings is 1. The molecular formula is C13H18BrNO. The van der Waals surface area contributed by atoms with E-state index in [9.17, 15) is 4.79 Å². The summed E-state index contributed by atoms with van der Waals surface area (Å²) in [6.07, 6.45) is 3.79. The predicted molar refractivity (Wildman–Crippen MR) is 71.4 cm³/mol. The van der Waals surface area contributed by atoms with Crippen LogP contribution in [-0.2, 0) is 0 Å². The van der Waals surface area contributed by atoms with Gasteiger partial charge in [-0.2, -0.15) is 0 Å². The molecule has 2 rings (SSSR count). The number of Topliss-reactive ketones (excluding diaryl/α,β-unsaturated/α-hetero) is 1. The molecule has 0 amide bonds. The molecule has 0 bridgehead atoms. The van der Waals surface area contributed by atoms with Gasteiger partial charge in [0.05, 0.1) is 6.54 Å². The lowest BCUT2D eigenvalue weighted by Gasteiger charge is -2.25. The Bertz CT molecular complexity index is 320. The van der Waals surface area contributed by atoms with E-state index in [4.69, 9.17) is 0 Å². The van der Waals surface area contributed by atoms with Crippen LogP contribution in [0.15, 0.2) is 30.3 Å². The lowest BCUT2D eigenvalue weighted by atomic mass is 10.1. The first-order valence-electron chi connectivity index (χ1n) is 5.67. The van der Waals surface area contributed by atoms with Crippen molar-refractivity contribution in [2.24, 2.45) is 0 Å². The van der Waals surface area contributed by atoms with E-state index in [0.717, 1.165) is 18.7 Å². The number of nitrogens with zero attached hydrogens (tertiary/aromatic N) is 1. The summed E-state index contributed by atoms with van der Waals surface area (Å²) in [6, 6.07) is 9.57. The number of carbonyl (C=O) groups excluding carboxylic acids is 1. The van der Waals surface area contributed by atoms with E-state index >= 15 is 0 Å². The molecule has 0 spiro atoms. The summed E-state index contributed by atoms with van der Waals surface area (Å²) >= 11 is 0. The molecule has 1 aliphatic heterocycles. The predicted octanol–water partition coefficient (Wildman–Crippen LogP) is 2.93. The Labute approximate surface area is 107 Å². The second-order valence-corrected chi connectivity index (χ2v) is 4.13. The fraction of sp³-hybridized carbons (Fsp3) is 0.462. The lowest BCUT2D eigenvalue weighted by Crippen LogP contribution is -2.34. The molecule has 16 heavy (non-hydrogen) atoms. The minimum absolute atomic E-state index is 0. The van der Waals surface area contributed by atoms with Gasteiger partial charge in [-0.3, -0.25) is 9.69 Å². The Kier molecular flexibility index (Phi) is 5.71. The van der Waals surface area contributed by atoms with Crippen molar-refractivity contribution in [2.45, 2.75) is 19.3 Å². The van der Waals surface area contributed by atoms with Gasteiger partial charge in [-0.05, 0) is 25.9 Å². The van der Waals surface area contributed by atoms with Gasteiger partial charge >= 0.3 is 0 Å². The third-order valence-corrected chi connectivity index (χ3v) is 2.91. The van der Waals surface area contributed by atoms with Crippen molar-refractivity contribution >= 4 is 22.8 Å². The zero-order valence-electron chi connectivity index (χ0n) is 9.39. The van der Waals surface area contributed by atoms with Crippen molar-refractivity contribution in [3.8, 4) is 0 Å². The Hall–Kier alpha value is -0.670. The van der Waals surface area contributed by atoms with Crippen molar-refractivity contribution in [3.63, 3.8) is 0 Å². The maximum absolute atomic E-state index is 11.9. The number of likely N-dealkylation sites (tertiary alicyclic amines) is 1. The number of hydrogen-bond acceptors (Lipinski definition) is 2. The Morgan fingerprint density at radius 1 is 1.06 bits per heavy atom. The Morgan fingerprint density at radius 3 is 2.31 bits per heavy atom. The molecule has 0 N–H and O–H groups in total. The first kappa shape index (κ1) is 13.4. The third-order valence-electron chi connectivity index (χ3n) is 2.91. The molecule has 1 aromatic rings. The molecule has 0 atom stereocenters. The molecule has 0 saturated carbocycles. The fourth-order valence-corrected chi connectivity index (χ4v) is 2.04. The molecule has 1 saturated heterocycles. The first-order valence-corrected chi connectivity index (χ1v) is 5.67. The molecule has 3 heteroatoms. The van der Waals surface area contributed by atoms with Crippen LogP contribution in [0.4, 0.5) is 0 Å². The van der Waals surface area contributed by atoms with Gasteiger partial charge in [-0.15, -0.1) is 17.0 Å². The second kappa shape index (κ2) is 6.81. The molecule has 0 unspecified atom stereocenters. The van der Waals surface area contributed by atoms with Crippen LogP contribution in [0.25, 0.3) is 0 Å². The van der Waals surface area contributed by atoms with Crippen LogP contribution in [-0.4, -0.2) is 30.3 Å². The molecule has 0 aliphatic carbocycles. The normalized spacial score (nSPS) is 16.5. The highest BCUT2D eigenvalue weighted by atomic mass is 79.9. The minimum atomic E-state index is 0. The smallest absolute Gasteiger partial charge is 0.176 e. The van der Waals surface area contributed by atoms with Gasteiger partial charge in [0.15, 0.2) is 5.78 Å². The van der Waals surface area contributed by atoms with E-state index < -0.39 is 0 Å². The number of rotatable bonds is 3. The summed E-state index contributed by atoms with van der Waals surface area (Å²) in [5.41, 5.74) is 0.836. The molecule has 1 heterocycles. The summed E-state index contributed by atoms with van der Waals surface area (Å²) in [5.74, 6) is 0.248. The van der Waals surface area contributed by atoms with Gasteiger partial charge in [0.2, 0.25) is 0 Å². The van der Waals surface area contributed by atoms with Gasteiger partial charge in [-0.1, -0.05) is 36.8 Å². The van der Waals surface area contributed by atoms with Crippen molar-refractivity contribution in [1.82, 2.24) is 4.90 Å². The molecule has 2 nitrogen and oxygen atoms in total. The minimum Gasteiger partial charge on any atom is -0.296 e. The van der Waals surface area contributed by atoms with E-state index in [1.54, 1.807) is 0 Å². The fourth-order valence-electron chi connectivity index (χ4n) is 2.04. The summed E-state index contributed by atoms with van der Waals surface area (Å²) < 4.78 is 0. The number of hydrogen-bond donors (Lipinski definition) is 0. The molecule has 1 fully saturated rings. The average molecular weight is 284 g/mol. The van der Waals surface area contributed by atoms with Crippen LogP contribution in [0, 0.1) is 0 Å². The van der Waals surface area contributed by atoms with Crippen molar-refractivity contribution in [1.29, 1.82) is 0 Å². The largest absolute Gasteiger partial charge is 0.296 e. The van der Waals surface area contributed by atoms with Gasteiger partial charge in [0, 0.05) is 5.56 Å². The van der Waals surface area contributed by atoms with Gasteiger partial charge in [0.1, 0.15) is 0 Å². The molecule has 1 aliphatic rings. The third kappa shape index (κ3) is 3.72. The van der Waals surface area contributed by atoms with E-state index in [0.29, 0.717) is 6.54 Å². The van der Waals surface area contributed by atoms with Crippen LogP contribution < -0.4 is 0 Å². The topological polar surface area (TPSA) is 20.3 Å². The molecule has 0 aromatic heterocycles. The van der Waals surface area contributed by atoms with E-state index in [2.05, 4.69) is 4.90 Å². The highest BCUT2D eigenvalue weighted by Gasteiger charge is 2.14.